The van der Waals surface area contributed by atoms with Gasteiger partial charge in [-0.1, -0.05) is 44.2 Å². The number of amides is 1. The lowest BCUT2D eigenvalue weighted by atomic mass is 9.83. The zero-order valence-electron chi connectivity index (χ0n) is 18.0. The van der Waals surface area contributed by atoms with Crippen LogP contribution in [0.25, 0.3) is 0 Å². The van der Waals surface area contributed by atoms with Gasteiger partial charge in [0, 0.05) is 18.9 Å². The van der Waals surface area contributed by atoms with Crippen molar-refractivity contribution in [2.45, 2.75) is 83.4 Å². The normalized spacial score (nSPS) is 24.5. The second-order valence-electron chi connectivity index (χ2n) is 9.18. The number of aromatic nitrogens is 3. The molecule has 3 rings (SSSR count). The molecule has 2 aliphatic rings. The van der Waals surface area contributed by atoms with E-state index >= 15 is 0 Å². The molecule has 0 aromatic carbocycles. The molecule has 2 fully saturated rings. The average Bonchev–Trinajstić information content (AvgIpc) is 3.34. The van der Waals surface area contributed by atoms with Crippen molar-refractivity contribution in [1.82, 2.24) is 19.9 Å². The van der Waals surface area contributed by atoms with Crippen molar-refractivity contribution in [3.8, 4) is 0 Å². The zero-order chi connectivity index (χ0) is 21.2. The van der Waals surface area contributed by atoms with Crippen LogP contribution in [0.3, 0.4) is 0 Å². The quantitative estimate of drug-likeness (QED) is 0.729. The Morgan fingerprint density at radius 1 is 1.31 bits per heavy atom. The summed E-state index contributed by atoms with van der Waals surface area (Å²) in [5, 5.41) is 18.5. The molecular formula is C21H34N4O4. The van der Waals surface area contributed by atoms with Crippen molar-refractivity contribution >= 4 is 11.9 Å². The van der Waals surface area contributed by atoms with Crippen LogP contribution in [-0.2, 0) is 19.9 Å². The van der Waals surface area contributed by atoms with Gasteiger partial charge in [0.1, 0.15) is 11.6 Å². The maximum absolute atomic E-state index is 13.3. The number of carbonyl (C=O) groups excluding carboxylic acids is 2. The third-order valence-corrected chi connectivity index (χ3v) is 6.42. The predicted octanol–water partition coefficient (Wildman–Crippen LogP) is 2.43. The summed E-state index contributed by atoms with van der Waals surface area (Å²) >= 11 is 0. The van der Waals surface area contributed by atoms with E-state index in [0.717, 1.165) is 6.42 Å². The van der Waals surface area contributed by atoms with Gasteiger partial charge in [-0.3, -0.25) is 4.79 Å². The molecule has 1 N–H and O–H groups in total. The van der Waals surface area contributed by atoms with E-state index in [1.165, 1.54) is 45.4 Å². The first kappa shape index (κ1) is 21.7. The van der Waals surface area contributed by atoms with E-state index in [2.05, 4.69) is 10.3 Å². The third-order valence-electron chi connectivity index (χ3n) is 6.42. The van der Waals surface area contributed by atoms with Crippen molar-refractivity contribution in [3.05, 3.63) is 11.9 Å². The Kier molecular flexibility index (Phi) is 6.61. The van der Waals surface area contributed by atoms with Gasteiger partial charge in [-0.05, 0) is 26.2 Å². The maximum Gasteiger partial charge on any atom is 0.328 e. The molecule has 1 aromatic rings. The first-order valence-corrected chi connectivity index (χ1v) is 10.7. The number of rotatable bonds is 6. The number of hydrogen-bond acceptors (Lipinski definition) is 6. The monoisotopic (exact) mass is 406 g/mol. The number of ether oxygens (including phenoxy) is 1. The Morgan fingerprint density at radius 2 is 2.00 bits per heavy atom. The topological polar surface area (TPSA) is 97.6 Å². The number of carbonyl (C=O) groups is 2. The smallest absolute Gasteiger partial charge is 0.328 e. The summed E-state index contributed by atoms with van der Waals surface area (Å²) in [7, 11) is 1.35. The Hall–Kier alpha value is -1.96. The van der Waals surface area contributed by atoms with Gasteiger partial charge in [0.25, 0.3) is 0 Å². The molecule has 162 valence electrons. The van der Waals surface area contributed by atoms with E-state index in [1.807, 2.05) is 6.92 Å². The predicted molar refractivity (Wildman–Crippen MR) is 107 cm³/mol. The Morgan fingerprint density at radius 3 is 2.62 bits per heavy atom. The molecule has 3 atom stereocenters. The average molecular weight is 407 g/mol. The molecule has 8 heteroatoms. The SMILES string of the molecule is COC(=O)[C@@H]1C[C@H](n2nncc2C(C)(C)O)CN1C(=O)[C@H](C)CC1CCCCC1. The molecule has 0 radical (unpaired) electrons. The van der Waals surface area contributed by atoms with E-state index in [4.69, 9.17) is 4.74 Å². The van der Waals surface area contributed by atoms with E-state index in [-0.39, 0.29) is 17.9 Å². The zero-order valence-corrected chi connectivity index (χ0v) is 18.0. The molecule has 1 aliphatic carbocycles. The van der Waals surface area contributed by atoms with Crippen molar-refractivity contribution in [2.75, 3.05) is 13.7 Å². The van der Waals surface area contributed by atoms with Gasteiger partial charge in [-0.25, -0.2) is 9.48 Å². The van der Waals surface area contributed by atoms with E-state index in [1.54, 1.807) is 23.4 Å². The van der Waals surface area contributed by atoms with E-state index in [9.17, 15) is 14.7 Å². The number of nitrogens with zero attached hydrogens (tertiary/aromatic N) is 4. The maximum atomic E-state index is 13.3. The molecule has 1 aromatic heterocycles. The summed E-state index contributed by atoms with van der Waals surface area (Å²) in [5.41, 5.74) is -0.550. The number of aliphatic hydroxyl groups is 1. The van der Waals surface area contributed by atoms with E-state index < -0.39 is 17.6 Å². The minimum Gasteiger partial charge on any atom is -0.467 e. The van der Waals surface area contributed by atoms with Crippen LogP contribution in [0.2, 0.25) is 0 Å². The fourth-order valence-electron chi connectivity index (χ4n) is 4.85. The molecule has 1 amide bonds. The summed E-state index contributed by atoms with van der Waals surface area (Å²) in [6.45, 7) is 5.67. The lowest BCUT2D eigenvalue weighted by Crippen LogP contribution is -2.44. The van der Waals surface area contributed by atoms with Crippen LogP contribution in [0.5, 0.6) is 0 Å². The molecule has 8 nitrogen and oxygen atoms in total. The molecule has 1 saturated heterocycles. The molecule has 0 bridgehead atoms. The number of likely N-dealkylation sites (tertiary alicyclic amines) is 1. The molecule has 0 spiro atoms. The summed E-state index contributed by atoms with van der Waals surface area (Å²) in [5.74, 6) is 0.0531. The summed E-state index contributed by atoms with van der Waals surface area (Å²) < 4.78 is 6.63. The fourth-order valence-corrected chi connectivity index (χ4v) is 4.85. The highest BCUT2D eigenvalue weighted by molar-refractivity contribution is 5.86. The summed E-state index contributed by atoms with van der Waals surface area (Å²) in [4.78, 5) is 27.4. The number of methoxy groups -OCH3 is 1. The van der Waals surface area contributed by atoms with Crippen molar-refractivity contribution < 1.29 is 19.4 Å². The van der Waals surface area contributed by atoms with Crippen molar-refractivity contribution in [1.29, 1.82) is 0 Å². The lowest BCUT2D eigenvalue weighted by Gasteiger charge is -2.29. The Bertz CT molecular complexity index is 721. The number of esters is 1. The minimum atomic E-state index is -1.12. The minimum absolute atomic E-state index is 0.00148. The van der Waals surface area contributed by atoms with Crippen LogP contribution < -0.4 is 0 Å². The van der Waals surface area contributed by atoms with Gasteiger partial charge < -0.3 is 14.7 Å². The largest absolute Gasteiger partial charge is 0.467 e. The molecule has 2 heterocycles. The molecule has 1 saturated carbocycles. The molecule has 0 unspecified atom stereocenters. The Labute approximate surface area is 172 Å². The fraction of sp³-hybridized carbons (Fsp3) is 0.810. The molecular weight excluding hydrogens is 372 g/mol. The standard InChI is InChI=1S/C21H34N4O4/c1-14(10-15-8-6-5-7-9-15)19(26)24-13-16(11-17(24)20(27)29-4)25-18(12-22-23-25)21(2,3)28/h12,14-17,28H,5-11,13H2,1-4H3/t14-,16+,17+/m1/s1. The first-order chi connectivity index (χ1) is 13.7. The van der Waals surface area contributed by atoms with Gasteiger partial charge in [-0.2, -0.15) is 0 Å². The first-order valence-electron chi connectivity index (χ1n) is 10.7. The second kappa shape index (κ2) is 8.81. The van der Waals surface area contributed by atoms with Gasteiger partial charge in [-0.15, -0.1) is 5.10 Å². The van der Waals surface area contributed by atoms with Crippen LogP contribution in [-0.4, -0.2) is 56.6 Å². The Balaban J connectivity index is 1.76. The van der Waals surface area contributed by atoms with Crippen molar-refractivity contribution in [3.63, 3.8) is 0 Å². The van der Waals surface area contributed by atoms with Gasteiger partial charge >= 0.3 is 5.97 Å². The van der Waals surface area contributed by atoms with Gasteiger partial charge in [0.2, 0.25) is 5.91 Å². The second-order valence-corrected chi connectivity index (χ2v) is 9.18. The van der Waals surface area contributed by atoms with Crippen LogP contribution in [0, 0.1) is 11.8 Å². The highest BCUT2D eigenvalue weighted by atomic mass is 16.5. The summed E-state index contributed by atoms with van der Waals surface area (Å²) in [6, 6.07) is -0.862. The van der Waals surface area contributed by atoms with Crippen LogP contribution in [0.1, 0.15) is 77.5 Å². The van der Waals surface area contributed by atoms with Crippen LogP contribution in [0.15, 0.2) is 6.20 Å². The van der Waals surface area contributed by atoms with Gasteiger partial charge in [0.15, 0.2) is 0 Å². The molecule has 29 heavy (non-hydrogen) atoms. The van der Waals surface area contributed by atoms with Gasteiger partial charge in [0.05, 0.1) is 25.0 Å². The highest BCUT2D eigenvalue weighted by Crippen LogP contribution is 2.34. The third kappa shape index (κ3) is 4.79. The van der Waals surface area contributed by atoms with Crippen LogP contribution >= 0.6 is 0 Å². The lowest BCUT2D eigenvalue weighted by molar-refractivity contribution is -0.152. The van der Waals surface area contributed by atoms with Crippen LogP contribution in [0.4, 0.5) is 0 Å². The molecule has 1 aliphatic heterocycles. The van der Waals surface area contributed by atoms with E-state index in [0.29, 0.717) is 24.6 Å². The highest BCUT2D eigenvalue weighted by Gasteiger charge is 2.44. The van der Waals surface area contributed by atoms with Crippen molar-refractivity contribution in [2.24, 2.45) is 11.8 Å². The summed E-state index contributed by atoms with van der Waals surface area (Å²) in [6.07, 6.45) is 8.96. The number of hydrogen-bond donors (Lipinski definition) is 1.